The fraction of sp³-hybridized carbons (Fsp3) is 0.333. The van der Waals surface area contributed by atoms with Gasteiger partial charge in [-0.05, 0) is 37.5 Å². The van der Waals surface area contributed by atoms with Crippen LogP contribution in [0.25, 0.3) is 10.9 Å². The average Bonchev–Trinajstić information content (AvgIpc) is 3.03. The lowest BCUT2D eigenvalue weighted by atomic mass is 10.2. The zero-order chi connectivity index (χ0) is 15.4. The third kappa shape index (κ3) is 3.33. The Bertz CT molecular complexity index is 812. The molecule has 2 heterocycles. The van der Waals surface area contributed by atoms with Gasteiger partial charge in [0.05, 0.1) is 11.7 Å². The Hall–Kier alpha value is -2.21. The third-order valence-electron chi connectivity index (χ3n) is 3.53. The number of imidazole rings is 1. The Balaban J connectivity index is 1.59. The second-order valence-corrected chi connectivity index (χ2v) is 5.58. The van der Waals surface area contributed by atoms with Crippen molar-refractivity contribution >= 4 is 22.5 Å². The molecule has 0 amide bonds. The maximum atomic E-state index is 12.3. The predicted octanol–water partition coefficient (Wildman–Crippen LogP) is 2.51. The van der Waals surface area contributed by atoms with Crippen LogP contribution < -0.4 is 5.56 Å². The number of halogens is 1. The van der Waals surface area contributed by atoms with Crippen LogP contribution in [0.3, 0.4) is 0 Å². The quantitative estimate of drug-likeness (QED) is 0.655. The van der Waals surface area contributed by atoms with Gasteiger partial charge in [-0.15, -0.1) is 5.10 Å². The predicted molar refractivity (Wildman–Crippen MR) is 84.9 cm³/mol. The van der Waals surface area contributed by atoms with Crippen LogP contribution in [-0.4, -0.2) is 24.5 Å². The first kappa shape index (κ1) is 14.7. The lowest BCUT2D eigenvalue weighted by Crippen LogP contribution is -2.24. The van der Waals surface area contributed by atoms with Gasteiger partial charge in [-0.3, -0.25) is 4.79 Å². The van der Waals surface area contributed by atoms with Gasteiger partial charge in [0.25, 0.3) is 5.56 Å². The van der Waals surface area contributed by atoms with Crippen molar-refractivity contribution in [1.82, 2.24) is 24.5 Å². The molecule has 0 fully saturated rings. The molecule has 0 bridgehead atoms. The number of unbranched alkanes of at least 4 members (excludes halogenated alkanes) is 2. The fourth-order valence-electron chi connectivity index (χ4n) is 2.35. The van der Waals surface area contributed by atoms with Crippen molar-refractivity contribution in [3.05, 3.63) is 52.3 Å². The van der Waals surface area contributed by atoms with Gasteiger partial charge in [-0.2, -0.15) is 0 Å². The first-order chi connectivity index (χ1) is 10.7. The molecule has 0 aliphatic heterocycles. The van der Waals surface area contributed by atoms with Gasteiger partial charge in [-0.1, -0.05) is 16.8 Å². The highest BCUT2D eigenvalue weighted by Gasteiger charge is 2.06. The lowest BCUT2D eigenvalue weighted by Gasteiger charge is -2.05. The number of rotatable bonds is 6. The van der Waals surface area contributed by atoms with Crippen LogP contribution in [-0.2, 0) is 13.1 Å². The van der Waals surface area contributed by atoms with E-state index in [4.69, 9.17) is 11.6 Å². The minimum absolute atomic E-state index is 0.137. The van der Waals surface area contributed by atoms with E-state index in [2.05, 4.69) is 15.3 Å². The van der Waals surface area contributed by atoms with Gasteiger partial charge < -0.3 is 4.57 Å². The minimum Gasteiger partial charge on any atom is -0.337 e. The number of aryl methyl sites for hydroxylation is 2. The Labute approximate surface area is 132 Å². The number of hydrogen-bond acceptors (Lipinski definition) is 4. The summed E-state index contributed by atoms with van der Waals surface area (Å²) in [6.07, 6.45) is 8.47. The number of fused-ring (bicyclic) bond motifs is 1. The zero-order valence-electron chi connectivity index (χ0n) is 12.0. The summed E-state index contributed by atoms with van der Waals surface area (Å²) in [4.78, 5) is 16.3. The van der Waals surface area contributed by atoms with Gasteiger partial charge in [-0.25, -0.2) is 9.67 Å². The zero-order valence-corrected chi connectivity index (χ0v) is 12.8. The Morgan fingerprint density at radius 3 is 2.82 bits per heavy atom. The van der Waals surface area contributed by atoms with Gasteiger partial charge in [0.2, 0.25) is 0 Å². The van der Waals surface area contributed by atoms with Gasteiger partial charge in [0, 0.05) is 30.5 Å². The number of benzene rings is 1. The summed E-state index contributed by atoms with van der Waals surface area (Å²) in [6.45, 7) is 1.51. The molecule has 1 aromatic carbocycles. The van der Waals surface area contributed by atoms with E-state index >= 15 is 0 Å². The van der Waals surface area contributed by atoms with E-state index in [0.717, 1.165) is 25.8 Å². The topological polar surface area (TPSA) is 65.6 Å². The number of nitrogens with zero attached hydrogens (tertiary/aromatic N) is 5. The molecule has 0 saturated carbocycles. The van der Waals surface area contributed by atoms with Gasteiger partial charge in [0.15, 0.2) is 0 Å². The summed E-state index contributed by atoms with van der Waals surface area (Å²) in [5, 5.41) is 9.09. The van der Waals surface area contributed by atoms with Crippen molar-refractivity contribution in [3.8, 4) is 0 Å². The van der Waals surface area contributed by atoms with E-state index in [1.165, 1.54) is 4.68 Å². The number of aromatic nitrogens is 5. The van der Waals surface area contributed by atoms with Gasteiger partial charge in [0.1, 0.15) is 5.52 Å². The van der Waals surface area contributed by atoms with Crippen molar-refractivity contribution < 1.29 is 0 Å². The summed E-state index contributed by atoms with van der Waals surface area (Å²) in [7, 11) is 0. The molecule has 0 radical (unpaired) electrons. The van der Waals surface area contributed by atoms with E-state index in [1.54, 1.807) is 24.4 Å². The Morgan fingerprint density at radius 2 is 2.00 bits per heavy atom. The summed E-state index contributed by atoms with van der Waals surface area (Å²) in [5.41, 5.74) is 0.438. The van der Waals surface area contributed by atoms with E-state index in [0.29, 0.717) is 22.5 Å². The molecule has 7 heteroatoms. The van der Waals surface area contributed by atoms with E-state index in [9.17, 15) is 4.79 Å². The summed E-state index contributed by atoms with van der Waals surface area (Å²) < 4.78 is 3.46. The molecule has 0 aliphatic carbocycles. The van der Waals surface area contributed by atoms with E-state index in [-0.39, 0.29) is 5.56 Å². The molecule has 0 spiro atoms. The highest BCUT2D eigenvalue weighted by molar-refractivity contribution is 6.31. The van der Waals surface area contributed by atoms with Crippen molar-refractivity contribution in [3.63, 3.8) is 0 Å². The standard InChI is InChI=1S/C15H16ClN5O/c16-12-4-5-14-13(10-12)15(22)21(19-18-14)8-3-1-2-7-20-9-6-17-11-20/h4-6,9-11H,1-3,7-8H2. The monoisotopic (exact) mass is 317 g/mol. The molecule has 0 saturated heterocycles. The highest BCUT2D eigenvalue weighted by Crippen LogP contribution is 2.13. The second-order valence-electron chi connectivity index (χ2n) is 5.14. The lowest BCUT2D eigenvalue weighted by molar-refractivity contribution is 0.489. The molecule has 3 aromatic rings. The average molecular weight is 318 g/mol. The molecular weight excluding hydrogens is 302 g/mol. The van der Waals surface area contributed by atoms with Crippen molar-refractivity contribution in [2.24, 2.45) is 0 Å². The third-order valence-corrected chi connectivity index (χ3v) is 3.76. The van der Waals surface area contributed by atoms with Crippen LogP contribution in [0, 0.1) is 0 Å². The van der Waals surface area contributed by atoms with Crippen molar-refractivity contribution in [2.45, 2.75) is 32.4 Å². The van der Waals surface area contributed by atoms with Crippen LogP contribution in [0.1, 0.15) is 19.3 Å². The van der Waals surface area contributed by atoms with Crippen LogP contribution in [0.4, 0.5) is 0 Å². The molecule has 114 valence electrons. The molecule has 0 atom stereocenters. The molecule has 0 unspecified atom stereocenters. The Kier molecular flexibility index (Phi) is 4.48. The Morgan fingerprint density at radius 1 is 1.14 bits per heavy atom. The summed E-state index contributed by atoms with van der Waals surface area (Å²) in [6, 6.07) is 5.06. The smallest absolute Gasteiger partial charge is 0.277 e. The van der Waals surface area contributed by atoms with Crippen molar-refractivity contribution in [1.29, 1.82) is 0 Å². The van der Waals surface area contributed by atoms with Crippen LogP contribution in [0.2, 0.25) is 5.02 Å². The molecule has 22 heavy (non-hydrogen) atoms. The minimum atomic E-state index is -0.137. The molecule has 2 aromatic heterocycles. The summed E-state index contributed by atoms with van der Waals surface area (Å²) >= 11 is 5.93. The van der Waals surface area contributed by atoms with E-state index in [1.807, 2.05) is 17.1 Å². The van der Waals surface area contributed by atoms with Crippen molar-refractivity contribution in [2.75, 3.05) is 0 Å². The summed E-state index contributed by atoms with van der Waals surface area (Å²) in [5.74, 6) is 0. The van der Waals surface area contributed by atoms with Gasteiger partial charge >= 0.3 is 0 Å². The number of hydrogen-bond donors (Lipinski definition) is 0. The largest absolute Gasteiger partial charge is 0.337 e. The normalized spacial score (nSPS) is 11.1. The fourth-order valence-corrected chi connectivity index (χ4v) is 2.52. The SMILES string of the molecule is O=c1c2cc(Cl)ccc2nnn1CCCCCn1ccnc1. The molecule has 0 aliphatic rings. The first-order valence-electron chi connectivity index (χ1n) is 7.23. The first-order valence-corrected chi connectivity index (χ1v) is 7.60. The molecule has 6 nitrogen and oxygen atoms in total. The second kappa shape index (κ2) is 6.70. The molecule has 3 rings (SSSR count). The maximum Gasteiger partial charge on any atom is 0.277 e. The van der Waals surface area contributed by atoms with Crippen LogP contribution >= 0.6 is 11.6 Å². The highest BCUT2D eigenvalue weighted by atomic mass is 35.5. The molecular formula is C15H16ClN5O. The van der Waals surface area contributed by atoms with Crippen LogP contribution in [0.5, 0.6) is 0 Å². The molecule has 0 N–H and O–H groups in total. The van der Waals surface area contributed by atoms with Crippen LogP contribution in [0.15, 0.2) is 41.7 Å². The van der Waals surface area contributed by atoms with E-state index < -0.39 is 0 Å². The maximum absolute atomic E-state index is 12.3.